The van der Waals surface area contributed by atoms with Gasteiger partial charge in [0.15, 0.2) is 11.6 Å². The van der Waals surface area contributed by atoms with E-state index in [-0.39, 0.29) is 5.69 Å². The molecule has 0 aromatic heterocycles. The van der Waals surface area contributed by atoms with Gasteiger partial charge in [0.25, 0.3) is 0 Å². The maximum Gasteiger partial charge on any atom is 0.319 e. The number of anilines is 1. The van der Waals surface area contributed by atoms with Crippen LogP contribution in [0.5, 0.6) is 0 Å². The Kier molecular flexibility index (Phi) is 4.03. The predicted molar refractivity (Wildman–Crippen MR) is 53.7 cm³/mol. The summed E-state index contributed by atoms with van der Waals surface area (Å²) < 4.78 is 25.3. The Morgan fingerprint density at radius 1 is 1.33 bits per heavy atom. The summed E-state index contributed by atoms with van der Waals surface area (Å²) in [7, 11) is 0. The van der Waals surface area contributed by atoms with E-state index >= 15 is 0 Å². The van der Waals surface area contributed by atoms with Crippen LogP contribution in [0, 0.1) is 11.6 Å². The zero-order valence-corrected chi connectivity index (χ0v) is 8.31. The normalized spacial score (nSPS) is 9.80. The second kappa shape index (κ2) is 5.29. The molecule has 0 atom stereocenters. The minimum atomic E-state index is -0.983. The van der Waals surface area contributed by atoms with E-state index in [9.17, 15) is 13.6 Å². The van der Waals surface area contributed by atoms with Crippen molar-refractivity contribution in [3.8, 4) is 0 Å². The second-order valence-electron chi connectivity index (χ2n) is 3.01. The van der Waals surface area contributed by atoms with Gasteiger partial charge in [-0.25, -0.2) is 13.6 Å². The average Bonchev–Trinajstić information content (AvgIpc) is 2.20. The van der Waals surface area contributed by atoms with E-state index < -0.39 is 17.7 Å². The highest BCUT2D eigenvalue weighted by atomic mass is 19.2. The summed E-state index contributed by atoms with van der Waals surface area (Å²) in [5.74, 6) is -1.92. The van der Waals surface area contributed by atoms with Gasteiger partial charge in [0, 0.05) is 18.3 Å². The van der Waals surface area contributed by atoms with Crippen molar-refractivity contribution in [1.82, 2.24) is 5.32 Å². The molecule has 1 rings (SSSR count). The lowest BCUT2D eigenvalue weighted by Gasteiger charge is -2.06. The Labute approximate surface area is 86.5 Å². The molecule has 0 heterocycles. The van der Waals surface area contributed by atoms with Crippen molar-refractivity contribution in [3.05, 3.63) is 29.8 Å². The minimum Gasteiger partial charge on any atom is -0.338 e. The van der Waals surface area contributed by atoms with Gasteiger partial charge in [-0.1, -0.05) is 6.92 Å². The van der Waals surface area contributed by atoms with Gasteiger partial charge in [-0.05, 0) is 18.6 Å². The molecule has 1 aromatic rings. The summed E-state index contributed by atoms with van der Waals surface area (Å²) in [6, 6.07) is 2.76. The minimum absolute atomic E-state index is 0.225. The molecular formula is C10H12F2N2O. The number of carbonyl (C=O) groups excluding carboxylic acids is 1. The fraction of sp³-hybridized carbons (Fsp3) is 0.300. The lowest BCUT2D eigenvalue weighted by Crippen LogP contribution is -2.29. The number of benzene rings is 1. The van der Waals surface area contributed by atoms with Crippen molar-refractivity contribution >= 4 is 11.7 Å². The lowest BCUT2D eigenvalue weighted by molar-refractivity contribution is 0.252. The molecular weight excluding hydrogens is 202 g/mol. The quantitative estimate of drug-likeness (QED) is 0.797. The number of halogens is 2. The fourth-order valence-electron chi connectivity index (χ4n) is 0.988. The number of amides is 2. The Bertz CT molecular complexity index is 355. The molecule has 82 valence electrons. The van der Waals surface area contributed by atoms with Crippen molar-refractivity contribution in [1.29, 1.82) is 0 Å². The first-order valence-electron chi connectivity index (χ1n) is 4.63. The highest BCUT2D eigenvalue weighted by molar-refractivity contribution is 5.89. The number of rotatable bonds is 3. The van der Waals surface area contributed by atoms with E-state index in [0.717, 1.165) is 18.6 Å². The third kappa shape index (κ3) is 3.53. The molecule has 0 aliphatic carbocycles. The summed E-state index contributed by atoms with van der Waals surface area (Å²) in [4.78, 5) is 11.1. The molecule has 0 unspecified atom stereocenters. The number of hydrogen-bond donors (Lipinski definition) is 2. The summed E-state index contributed by atoms with van der Waals surface area (Å²) in [6.45, 7) is 2.45. The van der Waals surface area contributed by atoms with E-state index in [1.165, 1.54) is 6.07 Å². The molecule has 0 saturated heterocycles. The van der Waals surface area contributed by atoms with Crippen molar-refractivity contribution in [2.75, 3.05) is 11.9 Å². The van der Waals surface area contributed by atoms with Gasteiger partial charge < -0.3 is 10.6 Å². The van der Waals surface area contributed by atoms with Crippen LogP contribution in [0.2, 0.25) is 0 Å². The molecule has 2 amide bonds. The highest BCUT2D eigenvalue weighted by Crippen LogP contribution is 2.12. The number of hydrogen-bond acceptors (Lipinski definition) is 1. The van der Waals surface area contributed by atoms with Crippen LogP contribution in [0.25, 0.3) is 0 Å². The Balaban J connectivity index is 2.57. The standard InChI is InChI=1S/C10H12F2N2O/c1-2-5-13-10(15)14-7-3-4-8(11)9(12)6-7/h3-4,6H,2,5H2,1H3,(H2,13,14,15). The van der Waals surface area contributed by atoms with Crippen molar-refractivity contribution in [3.63, 3.8) is 0 Å². The molecule has 0 radical (unpaired) electrons. The van der Waals surface area contributed by atoms with Gasteiger partial charge in [0.1, 0.15) is 0 Å². The zero-order chi connectivity index (χ0) is 11.3. The molecule has 0 aliphatic heterocycles. The Morgan fingerprint density at radius 2 is 2.07 bits per heavy atom. The molecule has 0 spiro atoms. The van der Waals surface area contributed by atoms with E-state index in [1.807, 2.05) is 6.92 Å². The molecule has 1 aromatic carbocycles. The Hall–Kier alpha value is -1.65. The monoisotopic (exact) mass is 214 g/mol. The van der Waals surface area contributed by atoms with Crippen LogP contribution in [0.15, 0.2) is 18.2 Å². The van der Waals surface area contributed by atoms with Crippen LogP contribution in [-0.2, 0) is 0 Å². The fourth-order valence-corrected chi connectivity index (χ4v) is 0.988. The van der Waals surface area contributed by atoms with Gasteiger partial charge in [-0.15, -0.1) is 0 Å². The number of carbonyl (C=O) groups is 1. The first-order valence-corrected chi connectivity index (χ1v) is 4.63. The number of urea groups is 1. The molecule has 2 N–H and O–H groups in total. The van der Waals surface area contributed by atoms with Crippen molar-refractivity contribution in [2.24, 2.45) is 0 Å². The largest absolute Gasteiger partial charge is 0.338 e. The molecule has 15 heavy (non-hydrogen) atoms. The van der Waals surface area contributed by atoms with E-state index in [4.69, 9.17) is 0 Å². The van der Waals surface area contributed by atoms with Gasteiger partial charge in [0.2, 0.25) is 0 Å². The summed E-state index contributed by atoms with van der Waals surface area (Å²) in [5.41, 5.74) is 0.225. The van der Waals surface area contributed by atoms with Gasteiger partial charge >= 0.3 is 6.03 Å². The highest BCUT2D eigenvalue weighted by Gasteiger charge is 2.04. The lowest BCUT2D eigenvalue weighted by atomic mass is 10.3. The first-order chi connectivity index (χ1) is 7.13. The summed E-state index contributed by atoms with van der Waals surface area (Å²) in [6.07, 6.45) is 0.811. The van der Waals surface area contributed by atoms with Crippen LogP contribution in [0.1, 0.15) is 13.3 Å². The van der Waals surface area contributed by atoms with Gasteiger partial charge in [-0.2, -0.15) is 0 Å². The average molecular weight is 214 g/mol. The van der Waals surface area contributed by atoms with Crippen LogP contribution < -0.4 is 10.6 Å². The molecule has 5 heteroatoms. The molecule has 0 saturated carbocycles. The SMILES string of the molecule is CCCNC(=O)Nc1ccc(F)c(F)c1. The van der Waals surface area contributed by atoms with Crippen LogP contribution in [0.4, 0.5) is 19.3 Å². The first kappa shape index (κ1) is 11.4. The van der Waals surface area contributed by atoms with Gasteiger partial charge in [0.05, 0.1) is 0 Å². The third-order valence-corrected chi connectivity index (χ3v) is 1.71. The predicted octanol–water partition coefficient (Wildman–Crippen LogP) is 2.50. The molecule has 0 bridgehead atoms. The second-order valence-corrected chi connectivity index (χ2v) is 3.01. The maximum absolute atomic E-state index is 12.7. The molecule has 3 nitrogen and oxygen atoms in total. The van der Waals surface area contributed by atoms with Gasteiger partial charge in [-0.3, -0.25) is 0 Å². The van der Waals surface area contributed by atoms with Crippen molar-refractivity contribution < 1.29 is 13.6 Å². The van der Waals surface area contributed by atoms with E-state index in [1.54, 1.807) is 0 Å². The number of nitrogens with one attached hydrogen (secondary N) is 2. The molecule has 0 aliphatic rings. The maximum atomic E-state index is 12.7. The van der Waals surface area contributed by atoms with E-state index in [2.05, 4.69) is 10.6 Å². The topological polar surface area (TPSA) is 41.1 Å². The zero-order valence-electron chi connectivity index (χ0n) is 8.31. The Morgan fingerprint density at radius 3 is 2.67 bits per heavy atom. The van der Waals surface area contributed by atoms with Crippen LogP contribution in [0.3, 0.4) is 0 Å². The van der Waals surface area contributed by atoms with Crippen LogP contribution in [-0.4, -0.2) is 12.6 Å². The summed E-state index contributed by atoms with van der Waals surface area (Å²) >= 11 is 0. The van der Waals surface area contributed by atoms with Crippen LogP contribution >= 0.6 is 0 Å². The summed E-state index contributed by atoms with van der Waals surface area (Å²) in [5, 5.41) is 4.94. The smallest absolute Gasteiger partial charge is 0.319 e. The van der Waals surface area contributed by atoms with E-state index in [0.29, 0.717) is 6.54 Å². The van der Waals surface area contributed by atoms with Crippen molar-refractivity contribution in [2.45, 2.75) is 13.3 Å². The third-order valence-electron chi connectivity index (χ3n) is 1.71. The molecule has 0 fully saturated rings.